The average molecular weight is 345 g/mol. The van der Waals surface area contributed by atoms with Crippen LogP contribution in [0.1, 0.15) is 39.1 Å². The summed E-state index contributed by atoms with van der Waals surface area (Å²) in [5.41, 5.74) is 2.13. The Morgan fingerprint density at radius 1 is 1.32 bits per heavy atom. The van der Waals surface area contributed by atoms with Gasteiger partial charge in [-0.3, -0.25) is 0 Å². The molecule has 1 heterocycles. The van der Waals surface area contributed by atoms with Crippen molar-refractivity contribution in [2.45, 2.75) is 52.6 Å². The Balaban J connectivity index is 2.17. The number of carbonyl (C=O) groups is 1. The molecule has 2 rings (SSSR count). The van der Waals surface area contributed by atoms with E-state index in [4.69, 9.17) is 4.52 Å². The number of urea groups is 1. The molecule has 0 saturated carbocycles. The van der Waals surface area contributed by atoms with E-state index in [1.807, 2.05) is 52.9 Å². The van der Waals surface area contributed by atoms with Crippen molar-refractivity contribution in [1.82, 2.24) is 20.8 Å². The largest absolute Gasteiger partial charge is 0.334 e. The summed E-state index contributed by atoms with van der Waals surface area (Å²) < 4.78 is 5.36. The van der Waals surface area contributed by atoms with Crippen molar-refractivity contribution in [3.63, 3.8) is 0 Å². The van der Waals surface area contributed by atoms with Crippen LogP contribution in [0, 0.1) is 6.92 Å². The Kier molecular flexibility index (Phi) is 5.79. The zero-order chi connectivity index (χ0) is 18.6. The molecule has 1 aromatic carbocycles. The van der Waals surface area contributed by atoms with Crippen LogP contribution in [0.15, 0.2) is 22.7 Å². The lowest BCUT2D eigenvalue weighted by Crippen LogP contribution is -2.43. The van der Waals surface area contributed by atoms with Crippen molar-refractivity contribution in [3.8, 4) is 11.5 Å². The van der Waals surface area contributed by atoms with Crippen LogP contribution in [0.3, 0.4) is 0 Å². The van der Waals surface area contributed by atoms with Gasteiger partial charge in [0.2, 0.25) is 0 Å². The number of nitrogens with zero attached hydrogens (tertiary/aromatic N) is 2. The minimum Gasteiger partial charge on any atom is -0.334 e. The Morgan fingerprint density at radius 3 is 2.68 bits per heavy atom. The molecule has 2 aromatic rings. The molecule has 0 bridgehead atoms. The Hall–Kier alpha value is -2.41. The van der Waals surface area contributed by atoms with Gasteiger partial charge in [-0.1, -0.05) is 11.2 Å². The number of aryl methyl sites for hydroxylation is 1. The van der Waals surface area contributed by atoms with Gasteiger partial charge in [-0.25, -0.2) is 4.79 Å². The fourth-order valence-electron chi connectivity index (χ4n) is 2.21. The molecule has 0 aliphatic rings. The summed E-state index contributed by atoms with van der Waals surface area (Å²) in [6.07, 6.45) is 0.685. The molecule has 136 valence electrons. The highest BCUT2D eigenvalue weighted by Crippen LogP contribution is 2.24. The molecule has 7 heteroatoms. The van der Waals surface area contributed by atoms with E-state index in [2.05, 4.69) is 33.0 Å². The highest BCUT2D eigenvalue weighted by atomic mass is 16.5. The number of benzene rings is 1. The fraction of sp³-hybridized carbons (Fsp3) is 0.500. The lowest BCUT2D eigenvalue weighted by atomic mass is 10.1. The molecule has 0 spiro atoms. The Morgan fingerprint density at radius 2 is 2.04 bits per heavy atom. The molecule has 25 heavy (non-hydrogen) atoms. The van der Waals surface area contributed by atoms with Gasteiger partial charge in [0.1, 0.15) is 0 Å². The van der Waals surface area contributed by atoms with Crippen molar-refractivity contribution in [1.29, 1.82) is 0 Å². The molecule has 0 radical (unpaired) electrons. The number of nitrogens with one attached hydrogen (secondary N) is 3. The van der Waals surface area contributed by atoms with Crippen LogP contribution in [0.25, 0.3) is 11.5 Å². The molecular formula is C18H27N5O2. The molecule has 0 saturated heterocycles. The van der Waals surface area contributed by atoms with Crippen LogP contribution in [-0.4, -0.2) is 34.8 Å². The molecule has 1 atom stereocenters. The maximum atomic E-state index is 12.1. The van der Waals surface area contributed by atoms with Gasteiger partial charge in [0, 0.05) is 29.3 Å². The standard InChI is InChI=1S/C18H27N5O2/c1-11-7-8-13(10-14(11)20-17(24)22-18(3,4)5)16-21-15(23-25-16)9-12(2)19-6/h7-8,10,12,19H,9H2,1-6H3,(H2,20,22,24). The monoisotopic (exact) mass is 345 g/mol. The van der Waals surface area contributed by atoms with Crippen molar-refractivity contribution < 1.29 is 9.32 Å². The van der Waals surface area contributed by atoms with Crippen LogP contribution in [0.2, 0.25) is 0 Å². The number of amides is 2. The van der Waals surface area contributed by atoms with E-state index in [0.717, 1.165) is 11.1 Å². The molecular weight excluding hydrogens is 318 g/mol. The van der Waals surface area contributed by atoms with Crippen LogP contribution in [0.5, 0.6) is 0 Å². The van der Waals surface area contributed by atoms with Crippen molar-refractivity contribution in [2.75, 3.05) is 12.4 Å². The minimum absolute atomic E-state index is 0.248. The zero-order valence-electron chi connectivity index (χ0n) is 15.7. The minimum atomic E-state index is -0.305. The van der Waals surface area contributed by atoms with Gasteiger partial charge in [-0.2, -0.15) is 4.98 Å². The predicted octanol–water partition coefficient (Wildman–Crippen LogP) is 3.12. The molecule has 2 amide bonds. The lowest BCUT2D eigenvalue weighted by molar-refractivity contribution is 0.244. The van der Waals surface area contributed by atoms with Gasteiger partial charge >= 0.3 is 6.03 Å². The summed E-state index contributed by atoms with van der Waals surface area (Å²) in [6.45, 7) is 9.79. The van der Waals surface area contributed by atoms with Crippen LogP contribution in [-0.2, 0) is 6.42 Å². The second kappa shape index (κ2) is 7.65. The zero-order valence-corrected chi connectivity index (χ0v) is 15.7. The summed E-state index contributed by atoms with van der Waals surface area (Å²) in [5.74, 6) is 1.09. The smallest absolute Gasteiger partial charge is 0.319 e. The highest BCUT2D eigenvalue weighted by Gasteiger charge is 2.16. The molecule has 0 aliphatic carbocycles. The summed E-state index contributed by atoms with van der Waals surface area (Å²) in [5, 5.41) is 12.9. The van der Waals surface area contributed by atoms with Crippen molar-refractivity contribution in [3.05, 3.63) is 29.6 Å². The number of carbonyl (C=O) groups excluding carboxylic acids is 1. The summed E-state index contributed by atoms with van der Waals surface area (Å²) in [7, 11) is 1.90. The van der Waals surface area contributed by atoms with E-state index in [1.165, 1.54) is 0 Å². The number of hydrogen-bond donors (Lipinski definition) is 3. The maximum absolute atomic E-state index is 12.1. The quantitative estimate of drug-likeness (QED) is 0.774. The SMILES string of the molecule is CNC(C)Cc1noc(-c2ccc(C)c(NC(=O)NC(C)(C)C)c2)n1. The Bertz CT molecular complexity index is 733. The molecule has 1 aromatic heterocycles. The molecule has 0 aliphatic heterocycles. The number of rotatable bonds is 5. The van der Waals surface area contributed by atoms with Gasteiger partial charge in [0.05, 0.1) is 0 Å². The molecule has 3 N–H and O–H groups in total. The van der Waals surface area contributed by atoms with Gasteiger partial charge in [0.15, 0.2) is 5.82 Å². The third-order valence-electron chi connectivity index (χ3n) is 3.67. The first kappa shape index (κ1) is 18.9. The summed E-state index contributed by atoms with van der Waals surface area (Å²) in [6, 6.07) is 5.68. The molecule has 7 nitrogen and oxygen atoms in total. The predicted molar refractivity (Wildman–Crippen MR) is 98.6 cm³/mol. The van der Waals surface area contributed by atoms with E-state index in [9.17, 15) is 4.79 Å². The maximum Gasteiger partial charge on any atom is 0.319 e. The second-order valence-electron chi connectivity index (χ2n) is 7.27. The fourth-order valence-corrected chi connectivity index (χ4v) is 2.21. The first-order valence-electron chi connectivity index (χ1n) is 8.38. The van der Waals surface area contributed by atoms with Crippen LogP contribution < -0.4 is 16.0 Å². The number of hydrogen-bond acceptors (Lipinski definition) is 5. The number of aromatic nitrogens is 2. The van der Waals surface area contributed by atoms with Gasteiger partial charge in [0.25, 0.3) is 5.89 Å². The topological polar surface area (TPSA) is 92.1 Å². The first-order valence-corrected chi connectivity index (χ1v) is 8.38. The van der Waals surface area contributed by atoms with Crippen molar-refractivity contribution in [2.24, 2.45) is 0 Å². The van der Waals surface area contributed by atoms with Gasteiger partial charge in [-0.05, 0) is 59.4 Å². The van der Waals surface area contributed by atoms with Gasteiger partial charge in [-0.15, -0.1) is 0 Å². The molecule has 1 unspecified atom stereocenters. The van der Waals surface area contributed by atoms with E-state index in [1.54, 1.807) is 0 Å². The second-order valence-corrected chi connectivity index (χ2v) is 7.27. The first-order chi connectivity index (χ1) is 11.7. The van der Waals surface area contributed by atoms with E-state index < -0.39 is 0 Å². The van der Waals surface area contributed by atoms with Gasteiger partial charge < -0.3 is 20.5 Å². The Labute approximate surface area is 148 Å². The normalized spacial score (nSPS) is 12.7. The lowest BCUT2D eigenvalue weighted by Gasteiger charge is -2.21. The van der Waals surface area contributed by atoms with E-state index in [0.29, 0.717) is 23.8 Å². The average Bonchev–Trinajstić information content (AvgIpc) is 2.96. The number of anilines is 1. The van der Waals surface area contributed by atoms with Crippen molar-refractivity contribution >= 4 is 11.7 Å². The molecule has 0 fully saturated rings. The third kappa shape index (κ3) is 5.56. The van der Waals surface area contributed by atoms with E-state index in [-0.39, 0.29) is 17.6 Å². The van der Waals surface area contributed by atoms with E-state index >= 15 is 0 Å². The van der Waals surface area contributed by atoms with Crippen LogP contribution >= 0.6 is 0 Å². The summed E-state index contributed by atoms with van der Waals surface area (Å²) in [4.78, 5) is 16.5. The third-order valence-corrected chi connectivity index (χ3v) is 3.67. The highest BCUT2D eigenvalue weighted by molar-refractivity contribution is 5.91. The summed E-state index contributed by atoms with van der Waals surface area (Å²) >= 11 is 0. The number of likely N-dealkylation sites (N-methyl/N-ethyl adjacent to an activating group) is 1. The van der Waals surface area contributed by atoms with Crippen LogP contribution in [0.4, 0.5) is 10.5 Å².